The lowest BCUT2D eigenvalue weighted by Gasteiger charge is -2.32. The smallest absolute Gasteiger partial charge is 0.216 e. The number of piperidine rings is 1. The molecule has 0 radical (unpaired) electrons. The third kappa shape index (κ3) is 3.59. The van der Waals surface area contributed by atoms with E-state index >= 15 is 0 Å². The molecule has 3 heterocycles. The van der Waals surface area contributed by atoms with E-state index in [4.69, 9.17) is 4.74 Å². The molecule has 1 saturated carbocycles. The molecule has 7 nitrogen and oxygen atoms in total. The average Bonchev–Trinajstić information content (AvgIpc) is 2.66. The summed E-state index contributed by atoms with van der Waals surface area (Å²) in [6.45, 7) is 2.39. The number of hydrogen-bond donors (Lipinski definition) is 0. The van der Waals surface area contributed by atoms with Crippen molar-refractivity contribution in [1.82, 2.24) is 19.9 Å². The van der Waals surface area contributed by atoms with Gasteiger partial charge in [-0.15, -0.1) is 0 Å². The van der Waals surface area contributed by atoms with Gasteiger partial charge in [0.15, 0.2) is 11.5 Å². The van der Waals surface area contributed by atoms with Crippen LogP contribution in [0.4, 0.5) is 5.82 Å². The van der Waals surface area contributed by atoms with Crippen molar-refractivity contribution in [2.24, 2.45) is 5.92 Å². The first kappa shape index (κ1) is 16.7. The third-order valence-electron chi connectivity index (χ3n) is 5.35. The van der Waals surface area contributed by atoms with Crippen LogP contribution in [0.3, 0.4) is 0 Å². The lowest BCUT2D eigenvalue weighted by molar-refractivity contribution is 0.215. The highest BCUT2D eigenvalue weighted by atomic mass is 16.5. The van der Waals surface area contributed by atoms with Gasteiger partial charge in [0, 0.05) is 37.5 Å². The Bertz CT molecular complexity index is 793. The average molecular weight is 350 g/mol. The summed E-state index contributed by atoms with van der Waals surface area (Å²) in [5.41, 5.74) is 1.51. The molecule has 0 N–H and O–H groups in total. The predicted molar refractivity (Wildman–Crippen MR) is 95.8 cm³/mol. The number of nitriles is 1. The predicted octanol–water partition coefficient (Wildman–Crippen LogP) is 2.70. The molecule has 0 amide bonds. The van der Waals surface area contributed by atoms with Crippen molar-refractivity contribution in [1.29, 1.82) is 5.26 Å². The van der Waals surface area contributed by atoms with Crippen molar-refractivity contribution in [3.63, 3.8) is 0 Å². The summed E-state index contributed by atoms with van der Waals surface area (Å²) in [4.78, 5) is 19.2. The van der Waals surface area contributed by atoms with Crippen LogP contribution in [0, 0.1) is 17.2 Å². The molecule has 0 unspecified atom stereocenters. The fourth-order valence-corrected chi connectivity index (χ4v) is 3.52. The number of aromatic nitrogens is 4. The van der Waals surface area contributed by atoms with Crippen molar-refractivity contribution in [3.05, 3.63) is 36.2 Å². The van der Waals surface area contributed by atoms with E-state index in [0.29, 0.717) is 35.8 Å². The highest BCUT2D eigenvalue weighted by Crippen LogP contribution is 2.35. The van der Waals surface area contributed by atoms with Gasteiger partial charge in [0.05, 0.1) is 12.3 Å². The van der Waals surface area contributed by atoms with E-state index in [0.717, 1.165) is 31.6 Å². The van der Waals surface area contributed by atoms with Crippen LogP contribution in [0.15, 0.2) is 24.8 Å². The summed E-state index contributed by atoms with van der Waals surface area (Å²) in [5, 5.41) is 9.18. The second-order valence-electron chi connectivity index (χ2n) is 6.99. The number of ether oxygens (including phenoxy) is 1. The van der Waals surface area contributed by atoms with E-state index < -0.39 is 0 Å². The number of anilines is 1. The number of rotatable bonds is 5. The van der Waals surface area contributed by atoms with Gasteiger partial charge in [0.1, 0.15) is 12.4 Å². The first-order valence-corrected chi connectivity index (χ1v) is 9.24. The van der Waals surface area contributed by atoms with Gasteiger partial charge in [-0.2, -0.15) is 5.26 Å². The Morgan fingerprint density at radius 3 is 2.62 bits per heavy atom. The highest BCUT2D eigenvalue weighted by molar-refractivity contribution is 5.49. The molecule has 7 heteroatoms. The topological polar surface area (TPSA) is 87.8 Å². The molecule has 2 aromatic heterocycles. The molecule has 1 aliphatic heterocycles. The Morgan fingerprint density at radius 1 is 1.08 bits per heavy atom. The molecular formula is C19H22N6O. The van der Waals surface area contributed by atoms with E-state index in [9.17, 15) is 5.26 Å². The molecule has 4 rings (SSSR count). The van der Waals surface area contributed by atoms with E-state index in [1.165, 1.54) is 19.3 Å². The van der Waals surface area contributed by atoms with Crippen LogP contribution in [-0.4, -0.2) is 39.6 Å². The van der Waals surface area contributed by atoms with Gasteiger partial charge in [-0.05, 0) is 31.6 Å². The maximum Gasteiger partial charge on any atom is 0.216 e. The van der Waals surface area contributed by atoms with Crippen molar-refractivity contribution < 1.29 is 4.74 Å². The molecule has 2 aliphatic rings. The SMILES string of the molecule is N#Cc1nccnc1N1CCC(COc2cc(C3CCC3)ncn2)CC1. The molecule has 0 atom stereocenters. The van der Waals surface area contributed by atoms with Crippen LogP contribution in [0.5, 0.6) is 5.88 Å². The second-order valence-corrected chi connectivity index (χ2v) is 6.99. The largest absolute Gasteiger partial charge is 0.477 e. The van der Waals surface area contributed by atoms with Gasteiger partial charge in [-0.25, -0.2) is 19.9 Å². The number of hydrogen-bond acceptors (Lipinski definition) is 7. The first-order chi connectivity index (χ1) is 12.8. The summed E-state index contributed by atoms with van der Waals surface area (Å²) in [6, 6.07) is 4.12. The molecule has 26 heavy (non-hydrogen) atoms. The first-order valence-electron chi connectivity index (χ1n) is 9.24. The Morgan fingerprint density at radius 2 is 1.88 bits per heavy atom. The van der Waals surface area contributed by atoms with Gasteiger partial charge in [0.25, 0.3) is 0 Å². The van der Waals surface area contributed by atoms with E-state index in [2.05, 4.69) is 30.9 Å². The van der Waals surface area contributed by atoms with E-state index in [1.54, 1.807) is 18.7 Å². The summed E-state index contributed by atoms with van der Waals surface area (Å²) >= 11 is 0. The van der Waals surface area contributed by atoms with Crippen LogP contribution in [0.2, 0.25) is 0 Å². The van der Waals surface area contributed by atoms with Crippen LogP contribution in [0.1, 0.15) is 49.4 Å². The van der Waals surface area contributed by atoms with Gasteiger partial charge < -0.3 is 9.64 Å². The fourth-order valence-electron chi connectivity index (χ4n) is 3.52. The van der Waals surface area contributed by atoms with Crippen molar-refractivity contribution in [3.8, 4) is 11.9 Å². The molecule has 2 aromatic rings. The van der Waals surface area contributed by atoms with Crippen LogP contribution >= 0.6 is 0 Å². The Labute approximate surface area is 153 Å². The Balaban J connectivity index is 1.30. The summed E-state index contributed by atoms with van der Waals surface area (Å²) in [5.74, 6) is 2.45. The van der Waals surface area contributed by atoms with Crippen molar-refractivity contribution >= 4 is 5.82 Å². The minimum Gasteiger partial charge on any atom is -0.477 e. The molecule has 0 bridgehead atoms. The molecule has 1 saturated heterocycles. The minimum atomic E-state index is 0.395. The molecular weight excluding hydrogens is 328 g/mol. The summed E-state index contributed by atoms with van der Waals surface area (Å²) in [6.07, 6.45) is 10.6. The zero-order valence-corrected chi connectivity index (χ0v) is 14.7. The standard InChI is InChI=1S/C19H22N6O/c20-11-17-19(22-7-6-21-17)25-8-4-14(5-9-25)12-26-18-10-16(23-13-24-18)15-2-1-3-15/h6-7,10,13-15H,1-5,8-9,12H2. The normalized spacial score (nSPS) is 18.2. The van der Waals surface area contributed by atoms with Crippen molar-refractivity contribution in [2.75, 3.05) is 24.6 Å². The highest BCUT2D eigenvalue weighted by Gasteiger charge is 2.24. The summed E-state index contributed by atoms with van der Waals surface area (Å²) in [7, 11) is 0. The second kappa shape index (κ2) is 7.65. The van der Waals surface area contributed by atoms with Crippen LogP contribution < -0.4 is 9.64 Å². The molecule has 1 aliphatic carbocycles. The van der Waals surface area contributed by atoms with Gasteiger partial charge >= 0.3 is 0 Å². The monoisotopic (exact) mass is 350 g/mol. The Hall–Kier alpha value is -2.75. The van der Waals surface area contributed by atoms with Gasteiger partial charge in [0.2, 0.25) is 5.88 Å². The summed E-state index contributed by atoms with van der Waals surface area (Å²) < 4.78 is 5.94. The molecule has 134 valence electrons. The molecule has 0 aromatic carbocycles. The van der Waals surface area contributed by atoms with Crippen LogP contribution in [-0.2, 0) is 0 Å². The minimum absolute atomic E-state index is 0.395. The van der Waals surface area contributed by atoms with E-state index in [1.807, 2.05) is 6.07 Å². The van der Waals surface area contributed by atoms with Crippen LogP contribution in [0.25, 0.3) is 0 Å². The zero-order chi connectivity index (χ0) is 17.8. The fraction of sp³-hybridized carbons (Fsp3) is 0.526. The lowest BCUT2D eigenvalue weighted by atomic mass is 9.83. The van der Waals surface area contributed by atoms with Gasteiger partial charge in [-0.1, -0.05) is 6.42 Å². The maximum atomic E-state index is 9.18. The number of nitrogens with zero attached hydrogens (tertiary/aromatic N) is 6. The maximum absolute atomic E-state index is 9.18. The molecule has 0 spiro atoms. The van der Waals surface area contributed by atoms with Gasteiger partial charge in [-0.3, -0.25) is 0 Å². The Kier molecular flexibility index (Phi) is 4.91. The molecule has 2 fully saturated rings. The van der Waals surface area contributed by atoms with E-state index in [-0.39, 0.29) is 0 Å². The third-order valence-corrected chi connectivity index (χ3v) is 5.35. The quantitative estimate of drug-likeness (QED) is 0.819. The lowest BCUT2D eigenvalue weighted by Crippen LogP contribution is -2.36. The van der Waals surface area contributed by atoms with Crippen molar-refractivity contribution in [2.45, 2.75) is 38.0 Å². The zero-order valence-electron chi connectivity index (χ0n) is 14.7.